The standard InChI is InChI=1S/C14H20N2O2.ClH/c1-18-10-11-4-2-6-13(8-11)16-14(17)12-5-3-7-15-9-12;/h2,4,6,8,12,15H,3,5,7,9-10H2,1H3,(H,16,17);1H/t12-;/m1./s1. The van der Waals surface area contributed by atoms with E-state index in [1.165, 1.54) is 0 Å². The molecule has 1 aliphatic heterocycles. The van der Waals surface area contributed by atoms with Crippen molar-refractivity contribution < 1.29 is 9.53 Å². The van der Waals surface area contributed by atoms with Crippen molar-refractivity contribution in [2.24, 2.45) is 5.92 Å². The molecule has 1 aromatic rings. The van der Waals surface area contributed by atoms with E-state index in [0.29, 0.717) is 6.61 Å². The number of nitrogens with one attached hydrogen (secondary N) is 2. The third-order valence-corrected chi connectivity index (χ3v) is 3.17. The highest BCUT2D eigenvalue weighted by atomic mass is 35.5. The van der Waals surface area contributed by atoms with E-state index in [1.54, 1.807) is 7.11 Å². The number of piperidine rings is 1. The summed E-state index contributed by atoms with van der Waals surface area (Å²) in [7, 11) is 1.67. The average Bonchev–Trinajstić information content (AvgIpc) is 2.40. The number of ether oxygens (including phenoxy) is 1. The van der Waals surface area contributed by atoms with E-state index < -0.39 is 0 Å². The first-order valence-electron chi connectivity index (χ1n) is 6.39. The van der Waals surface area contributed by atoms with Gasteiger partial charge in [-0.1, -0.05) is 12.1 Å². The number of carbonyl (C=O) groups excluding carboxylic acids is 1. The van der Waals surface area contributed by atoms with E-state index in [0.717, 1.165) is 37.2 Å². The fourth-order valence-electron chi connectivity index (χ4n) is 2.23. The van der Waals surface area contributed by atoms with Gasteiger partial charge in [0.2, 0.25) is 5.91 Å². The number of hydrogen-bond donors (Lipinski definition) is 2. The third kappa shape index (κ3) is 4.82. The zero-order chi connectivity index (χ0) is 12.8. The van der Waals surface area contributed by atoms with E-state index in [9.17, 15) is 4.79 Å². The van der Waals surface area contributed by atoms with Gasteiger partial charge in [-0.3, -0.25) is 4.79 Å². The van der Waals surface area contributed by atoms with Crippen LogP contribution in [0, 0.1) is 5.92 Å². The van der Waals surface area contributed by atoms with Crippen LogP contribution in [0.1, 0.15) is 18.4 Å². The van der Waals surface area contributed by atoms with Crippen molar-refractivity contribution in [1.82, 2.24) is 5.32 Å². The van der Waals surface area contributed by atoms with E-state index in [-0.39, 0.29) is 24.2 Å². The van der Waals surface area contributed by atoms with Crippen LogP contribution in [0.15, 0.2) is 24.3 Å². The molecule has 1 saturated heterocycles. The van der Waals surface area contributed by atoms with Crippen molar-refractivity contribution in [3.05, 3.63) is 29.8 Å². The topological polar surface area (TPSA) is 50.4 Å². The maximum absolute atomic E-state index is 12.1. The summed E-state index contributed by atoms with van der Waals surface area (Å²) in [5, 5.41) is 6.23. The Morgan fingerprint density at radius 3 is 3.05 bits per heavy atom. The van der Waals surface area contributed by atoms with E-state index in [1.807, 2.05) is 24.3 Å². The first kappa shape index (κ1) is 16.0. The summed E-state index contributed by atoms with van der Waals surface area (Å²) in [5.41, 5.74) is 1.91. The second-order valence-electron chi connectivity index (χ2n) is 4.67. The van der Waals surface area contributed by atoms with Gasteiger partial charge < -0.3 is 15.4 Å². The molecular formula is C14H21ClN2O2. The summed E-state index contributed by atoms with van der Waals surface area (Å²) >= 11 is 0. The van der Waals surface area contributed by atoms with Gasteiger partial charge in [0.25, 0.3) is 0 Å². The molecule has 0 saturated carbocycles. The highest BCUT2D eigenvalue weighted by Gasteiger charge is 2.20. The Morgan fingerprint density at radius 2 is 2.37 bits per heavy atom. The van der Waals surface area contributed by atoms with E-state index >= 15 is 0 Å². The molecule has 0 radical (unpaired) electrons. The number of hydrogen-bond acceptors (Lipinski definition) is 3. The molecule has 2 N–H and O–H groups in total. The number of rotatable bonds is 4. The normalized spacial score (nSPS) is 18.5. The van der Waals surface area contributed by atoms with Crippen LogP contribution in [0.5, 0.6) is 0 Å². The Labute approximate surface area is 120 Å². The van der Waals surface area contributed by atoms with Gasteiger partial charge in [0.1, 0.15) is 0 Å². The molecule has 4 nitrogen and oxygen atoms in total. The molecule has 0 unspecified atom stereocenters. The monoisotopic (exact) mass is 284 g/mol. The fourth-order valence-corrected chi connectivity index (χ4v) is 2.23. The Hall–Kier alpha value is -1.10. The predicted molar refractivity (Wildman–Crippen MR) is 78.6 cm³/mol. The lowest BCUT2D eigenvalue weighted by Crippen LogP contribution is -2.37. The zero-order valence-corrected chi connectivity index (χ0v) is 12.0. The molecular weight excluding hydrogens is 264 g/mol. The molecule has 106 valence electrons. The second-order valence-corrected chi connectivity index (χ2v) is 4.67. The van der Waals surface area contributed by atoms with Gasteiger partial charge in [-0.2, -0.15) is 0 Å². The van der Waals surface area contributed by atoms with Gasteiger partial charge in [0.15, 0.2) is 0 Å². The molecule has 2 rings (SSSR count). The number of benzene rings is 1. The molecule has 1 atom stereocenters. The smallest absolute Gasteiger partial charge is 0.228 e. The van der Waals surface area contributed by atoms with Crippen LogP contribution in [-0.4, -0.2) is 26.1 Å². The molecule has 0 aromatic heterocycles. The lowest BCUT2D eigenvalue weighted by molar-refractivity contribution is -0.120. The molecule has 19 heavy (non-hydrogen) atoms. The quantitative estimate of drug-likeness (QED) is 0.891. The van der Waals surface area contributed by atoms with Crippen LogP contribution in [0.4, 0.5) is 5.69 Å². The van der Waals surface area contributed by atoms with Crippen molar-refractivity contribution in [1.29, 1.82) is 0 Å². The maximum atomic E-state index is 12.1. The highest BCUT2D eigenvalue weighted by Crippen LogP contribution is 2.15. The number of amides is 1. The highest BCUT2D eigenvalue weighted by molar-refractivity contribution is 5.92. The lowest BCUT2D eigenvalue weighted by atomic mass is 9.99. The Bertz CT molecular complexity index is 406. The molecule has 0 spiro atoms. The van der Waals surface area contributed by atoms with Crippen molar-refractivity contribution in [3.8, 4) is 0 Å². The molecule has 1 heterocycles. The number of anilines is 1. The molecule has 1 fully saturated rings. The van der Waals surface area contributed by atoms with Crippen LogP contribution < -0.4 is 10.6 Å². The summed E-state index contributed by atoms with van der Waals surface area (Å²) in [6, 6.07) is 7.79. The lowest BCUT2D eigenvalue weighted by Gasteiger charge is -2.22. The first-order chi connectivity index (χ1) is 8.79. The average molecular weight is 285 g/mol. The molecule has 1 amide bonds. The summed E-state index contributed by atoms with van der Waals surface area (Å²) in [6.45, 7) is 2.37. The van der Waals surface area contributed by atoms with Crippen molar-refractivity contribution in [2.45, 2.75) is 19.4 Å². The molecule has 0 aliphatic carbocycles. The van der Waals surface area contributed by atoms with Crippen molar-refractivity contribution >= 4 is 24.0 Å². The van der Waals surface area contributed by atoms with Crippen LogP contribution >= 0.6 is 12.4 Å². The minimum absolute atomic E-state index is 0. The zero-order valence-electron chi connectivity index (χ0n) is 11.1. The van der Waals surface area contributed by atoms with Gasteiger partial charge in [-0.05, 0) is 37.1 Å². The molecule has 0 bridgehead atoms. The summed E-state index contributed by atoms with van der Waals surface area (Å²) in [4.78, 5) is 12.1. The maximum Gasteiger partial charge on any atom is 0.228 e. The number of methoxy groups -OCH3 is 1. The van der Waals surface area contributed by atoms with Gasteiger partial charge >= 0.3 is 0 Å². The Balaban J connectivity index is 0.00000180. The Morgan fingerprint density at radius 1 is 1.53 bits per heavy atom. The van der Waals surface area contributed by atoms with E-state index in [2.05, 4.69) is 10.6 Å². The molecule has 1 aromatic carbocycles. The van der Waals surface area contributed by atoms with Crippen LogP contribution in [0.2, 0.25) is 0 Å². The summed E-state index contributed by atoms with van der Waals surface area (Å²) in [6.07, 6.45) is 2.04. The van der Waals surface area contributed by atoms with Crippen molar-refractivity contribution in [2.75, 3.05) is 25.5 Å². The third-order valence-electron chi connectivity index (χ3n) is 3.17. The van der Waals surface area contributed by atoms with Crippen LogP contribution in [0.3, 0.4) is 0 Å². The predicted octanol–water partition coefficient (Wildman–Crippen LogP) is 2.19. The second kappa shape index (κ2) is 8.15. The SMILES string of the molecule is COCc1cccc(NC(=O)[C@@H]2CCCNC2)c1.Cl. The summed E-state index contributed by atoms with van der Waals surface area (Å²) in [5.74, 6) is 0.196. The molecule has 1 aliphatic rings. The van der Waals surface area contributed by atoms with Gasteiger partial charge in [-0.25, -0.2) is 0 Å². The number of carbonyl (C=O) groups is 1. The number of halogens is 1. The Kier molecular flexibility index (Phi) is 6.84. The van der Waals surface area contributed by atoms with Crippen LogP contribution in [-0.2, 0) is 16.1 Å². The van der Waals surface area contributed by atoms with Gasteiger partial charge in [-0.15, -0.1) is 12.4 Å². The first-order valence-corrected chi connectivity index (χ1v) is 6.39. The van der Waals surface area contributed by atoms with Crippen LogP contribution in [0.25, 0.3) is 0 Å². The van der Waals surface area contributed by atoms with Crippen molar-refractivity contribution in [3.63, 3.8) is 0 Å². The largest absolute Gasteiger partial charge is 0.380 e. The fraction of sp³-hybridized carbons (Fsp3) is 0.500. The van der Waals surface area contributed by atoms with E-state index in [4.69, 9.17) is 4.74 Å². The molecule has 5 heteroatoms. The van der Waals surface area contributed by atoms with Gasteiger partial charge in [0, 0.05) is 19.3 Å². The minimum Gasteiger partial charge on any atom is -0.380 e. The van der Waals surface area contributed by atoms with Gasteiger partial charge in [0.05, 0.1) is 12.5 Å². The summed E-state index contributed by atoms with van der Waals surface area (Å²) < 4.78 is 5.08. The minimum atomic E-state index is 0.